The van der Waals surface area contributed by atoms with Crippen LogP contribution in [-0.2, 0) is 17.2 Å². The van der Waals surface area contributed by atoms with Crippen molar-refractivity contribution < 1.29 is 17.0 Å². The maximum Gasteiger partial charge on any atom is 0.339 e. The molecule has 21 heavy (non-hydrogen) atoms. The molecule has 0 atom stereocenters. The van der Waals surface area contributed by atoms with Crippen LogP contribution in [0.4, 0.5) is 4.39 Å². The van der Waals surface area contributed by atoms with E-state index in [1.54, 1.807) is 17.0 Å². The van der Waals surface area contributed by atoms with Crippen LogP contribution in [0.5, 0.6) is 5.75 Å². The zero-order chi connectivity index (χ0) is 15.0. The topological polar surface area (TPSA) is 61.2 Å². The van der Waals surface area contributed by atoms with Crippen LogP contribution < -0.4 is 4.18 Å². The van der Waals surface area contributed by atoms with Crippen LogP contribution in [0.2, 0.25) is 0 Å². The summed E-state index contributed by atoms with van der Waals surface area (Å²) in [5.41, 5.74) is 1.47. The summed E-state index contributed by atoms with van der Waals surface area (Å²) < 4.78 is 44.1. The van der Waals surface area contributed by atoms with E-state index in [1.807, 2.05) is 7.05 Å². The second-order valence-electron chi connectivity index (χ2n) is 4.50. The third-order valence-electron chi connectivity index (χ3n) is 2.99. The summed E-state index contributed by atoms with van der Waals surface area (Å²) >= 11 is 0. The fourth-order valence-corrected chi connectivity index (χ4v) is 2.92. The summed E-state index contributed by atoms with van der Waals surface area (Å²) in [7, 11) is -2.24. The van der Waals surface area contributed by atoms with Gasteiger partial charge in [0.15, 0.2) is 0 Å². The van der Waals surface area contributed by atoms with E-state index >= 15 is 0 Å². The van der Waals surface area contributed by atoms with Gasteiger partial charge in [-0.15, -0.1) is 0 Å². The first-order valence-electron chi connectivity index (χ1n) is 6.07. The molecule has 0 spiro atoms. The number of aryl methyl sites for hydroxylation is 1. The molecule has 7 heteroatoms. The molecule has 0 aliphatic heterocycles. The SMILES string of the molecule is Cn1cnc2cc(OS(=O)(=O)c3cccc(F)c3)ccc21. The standard InChI is InChI=1S/C14H11FN2O3S/c1-17-9-16-13-8-11(5-6-14(13)17)20-21(18,19)12-4-2-3-10(15)7-12/h2-9H,1H3. The normalized spacial score (nSPS) is 11.7. The number of halogens is 1. The zero-order valence-corrected chi connectivity index (χ0v) is 11.8. The van der Waals surface area contributed by atoms with Crippen LogP contribution in [0.15, 0.2) is 53.7 Å². The van der Waals surface area contributed by atoms with Gasteiger partial charge in [0.25, 0.3) is 0 Å². The molecule has 2 aromatic carbocycles. The lowest BCUT2D eigenvalue weighted by molar-refractivity contribution is 0.485. The Hall–Kier alpha value is -2.41. The summed E-state index contributed by atoms with van der Waals surface area (Å²) in [6, 6.07) is 9.42. The fraction of sp³-hybridized carbons (Fsp3) is 0.0714. The van der Waals surface area contributed by atoms with Crippen LogP contribution in [0.1, 0.15) is 0 Å². The Morgan fingerprint density at radius 1 is 1.19 bits per heavy atom. The van der Waals surface area contributed by atoms with E-state index in [1.165, 1.54) is 30.3 Å². The molecule has 0 bridgehead atoms. The first kappa shape index (κ1) is 13.6. The van der Waals surface area contributed by atoms with E-state index in [9.17, 15) is 12.8 Å². The highest BCUT2D eigenvalue weighted by Crippen LogP contribution is 2.23. The van der Waals surface area contributed by atoms with Gasteiger partial charge < -0.3 is 8.75 Å². The van der Waals surface area contributed by atoms with Gasteiger partial charge in [0.05, 0.1) is 17.4 Å². The molecule has 0 saturated carbocycles. The van der Waals surface area contributed by atoms with Gasteiger partial charge in [-0.05, 0) is 30.3 Å². The molecule has 1 heterocycles. The lowest BCUT2D eigenvalue weighted by Gasteiger charge is -2.07. The molecule has 0 unspecified atom stereocenters. The highest BCUT2D eigenvalue weighted by Gasteiger charge is 2.17. The van der Waals surface area contributed by atoms with E-state index < -0.39 is 15.9 Å². The van der Waals surface area contributed by atoms with E-state index in [-0.39, 0.29) is 10.6 Å². The van der Waals surface area contributed by atoms with E-state index in [0.29, 0.717) is 5.52 Å². The summed E-state index contributed by atoms with van der Waals surface area (Å²) in [5.74, 6) is -0.509. The highest BCUT2D eigenvalue weighted by molar-refractivity contribution is 7.87. The molecule has 0 aliphatic rings. The summed E-state index contributed by atoms with van der Waals surface area (Å²) in [4.78, 5) is 3.89. The van der Waals surface area contributed by atoms with Gasteiger partial charge in [0.1, 0.15) is 16.5 Å². The van der Waals surface area contributed by atoms with E-state index in [2.05, 4.69) is 4.98 Å². The second-order valence-corrected chi connectivity index (χ2v) is 6.05. The van der Waals surface area contributed by atoms with E-state index in [4.69, 9.17) is 4.18 Å². The molecule has 0 fully saturated rings. The van der Waals surface area contributed by atoms with Crippen LogP contribution in [0.25, 0.3) is 11.0 Å². The first-order valence-corrected chi connectivity index (χ1v) is 7.48. The molecule has 0 saturated heterocycles. The Morgan fingerprint density at radius 3 is 2.76 bits per heavy atom. The van der Waals surface area contributed by atoms with Gasteiger partial charge in [-0.25, -0.2) is 9.37 Å². The number of fused-ring (bicyclic) bond motifs is 1. The molecular formula is C14H11FN2O3S. The maximum absolute atomic E-state index is 13.1. The smallest absolute Gasteiger partial charge is 0.339 e. The van der Waals surface area contributed by atoms with Gasteiger partial charge in [-0.3, -0.25) is 0 Å². The Balaban J connectivity index is 1.97. The van der Waals surface area contributed by atoms with Crippen molar-refractivity contribution in [1.82, 2.24) is 9.55 Å². The number of hydrogen-bond donors (Lipinski definition) is 0. The number of nitrogens with zero attached hydrogens (tertiary/aromatic N) is 2. The monoisotopic (exact) mass is 306 g/mol. The second kappa shape index (κ2) is 4.85. The molecule has 1 aromatic heterocycles. The highest BCUT2D eigenvalue weighted by atomic mass is 32.2. The largest absolute Gasteiger partial charge is 0.379 e. The van der Waals surface area contributed by atoms with Gasteiger partial charge in [0.2, 0.25) is 0 Å². The molecule has 0 aliphatic carbocycles. The summed E-state index contributed by atoms with van der Waals surface area (Å²) in [6.45, 7) is 0. The van der Waals surface area contributed by atoms with E-state index in [0.717, 1.165) is 11.6 Å². The summed E-state index contributed by atoms with van der Waals surface area (Å²) in [6.07, 6.45) is 1.62. The van der Waals surface area contributed by atoms with Gasteiger partial charge in [-0.1, -0.05) is 6.07 Å². The average molecular weight is 306 g/mol. The first-order chi connectivity index (χ1) is 9.95. The van der Waals surface area contributed by atoms with Crippen molar-refractivity contribution in [3.05, 3.63) is 54.6 Å². The third-order valence-corrected chi connectivity index (χ3v) is 4.23. The van der Waals surface area contributed by atoms with Crippen molar-refractivity contribution in [1.29, 1.82) is 0 Å². The van der Waals surface area contributed by atoms with Crippen molar-refractivity contribution in [3.63, 3.8) is 0 Å². The minimum absolute atomic E-state index is 0.130. The molecule has 3 rings (SSSR count). The quantitative estimate of drug-likeness (QED) is 0.697. The lowest BCUT2D eigenvalue weighted by Crippen LogP contribution is -2.09. The number of rotatable bonds is 3. The van der Waals surface area contributed by atoms with Crippen molar-refractivity contribution in [3.8, 4) is 5.75 Å². The minimum Gasteiger partial charge on any atom is -0.379 e. The van der Waals surface area contributed by atoms with Crippen molar-refractivity contribution in [2.24, 2.45) is 7.05 Å². The summed E-state index contributed by atoms with van der Waals surface area (Å²) in [5, 5.41) is 0. The number of hydrogen-bond acceptors (Lipinski definition) is 4. The van der Waals surface area contributed by atoms with Crippen LogP contribution in [0.3, 0.4) is 0 Å². The van der Waals surface area contributed by atoms with Crippen LogP contribution >= 0.6 is 0 Å². The molecule has 0 radical (unpaired) electrons. The predicted molar refractivity (Wildman–Crippen MR) is 74.9 cm³/mol. The number of imidazole rings is 1. The molecule has 0 N–H and O–H groups in total. The Labute approximate surface area is 120 Å². The zero-order valence-electron chi connectivity index (χ0n) is 11.0. The van der Waals surface area contributed by atoms with Crippen molar-refractivity contribution >= 4 is 21.2 Å². The molecule has 3 aromatic rings. The van der Waals surface area contributed by atoms with Crippen molar-refractivity contribution in [2.75, 3.05) is 0 Å². The minimum atomic E-state index is -4.07. The number of aromatic nitrogens is 2. The van der Waals surface area contributed by atoms with Crippen molar-refractivity contribution in [2.45, 2.75) is 4.90 Å². The molecular weight excluding hydrogens is 295 g/mol. The Kier molecular flexibility index (Phi) is 3.13. The Bertz CT molecular complexity index is 919. The molecule has 108 valence electrons. The van der Waals surface area contributed by atoms with Gasteiger partial charge in [0, 0.05) is 13.1 Å². The lowest BCUT2D eigenvalue weighted by atomic mass is 10.3. The molecule has 5 nitrogen and oxygen atoms in total. The average Bonchev–Trinajstić information content (AvgIpc) is 2.79. The van der Waals surface area contributed by atoms with Gasteiger partial charge in [-0.2, -0.15) is 8.42 Å². The molecule has 0 amide bonds. The third kappa shape index (κ3) is 2.59. The number of benzene rings is 2. The fourth-order valence-electron chi connectivity index (χ4n) is 1.97. The maximum atomic E-state index is 13.1. The van der Waals surface area contributed by atoms with Crippen LogP contribution in [-0.4, -0.2) is 18.0 Å². The van der Waals surface area contributed by atoms with Crippen LogP contribution in [0, 0.1) is 5.82 Å². The van der Waals surface area contributed by atoms with Gasteiger partial charge >= 0.3 is 10.1 Å². The Morgan fingerprint density at radius 2 is 2.00 bits per heavy atom. The predicted octanol–water partition coefficient (Wildman–Crippen LogP) is 2.48.